The first-order valence-electron chi connectivity index (χ1n) is 7.04. The topological polar surface area (TPSA) is 41.5 Å². The summed E-state index contributed by atoms with van der Waals surface area (Å²) in [6.45, 7) is 1.94. The fraction of sp³-hybridized carbons (Fsp3) is 0.250. The second kappa shape index (κ2) is 6.25. The second-order valence-corrected chi connectivity index (χ2v) is 8.10. The highest BCUT2D eigenvalue weighted by Gasteiger charge is 2.36. The summed E-state index contributed by atoms with van der Waals surface area (Å²) >= 11 is 12.2. The van der Waals surface area contributed by atoms with E-state index in [1.165, 1.54) is 0 Å². The summed E-state index contributed by atoms with van der Waals surface area (Å²) < 4.78 is 11.5. The first-order valence-corrected chi connectivity index (χ1v) is 9.52. The van der Waals surface area contributed by atoms with Crippen molar-refractivity contribution in [2.45, 2.75) is 19.8 Å². The molecule has 0 saturated carbocycles. The van der Waals surface area contributed by atoms with Gasteiger partial charge in [0.2, 0.25) is 0 Å². The van der Waals surface area contributed by atoms with Crippen LogP contribution in [0.5, 0.6) is 11.5 Å². The van der Waals surface area contributed by atoms with Gasteiger partial charge in [0.25, 0.3) is 0 Å². The normalized spacial score (nSPS) is 15.6. The summed E-state index contributed by atoms with van der Waals surface area (Å²) in [5.74, 6) is 1.10. The van der Waals surface area contributed by atoms with Crippen LogP contribution in [0.3, 0.4) is 0 Å². The van der Waals surface area contributed by atoms with Crippen molar-refractivity contribution in [3.63, 3.8) is 0 Å². The molecule has 0 aromatic heterocycles. The maximum Gasteiger partial charge on any atom is 0.331 e. The Kier molecular flexibility index (Phi) is 4.52. The highest BCUT2D eigenvalue weighted by molar-refractivity contribution is 7.60. The summed E-state index contributed by atoms with van der Waals surface area (Å²) in [5, 5.41) is 1.22. The maximum atomic E-state index is 13.0. The van der Waals surface area contributed by atoms with Crippen LogP contribution in [0.1, 0.15) is 24.5 Å². The van der Waals surface area contributed by atoms with Crippen molar-refractivity contribution < 1.29 is 13.9 Å². The third-order valence-electron chi connectivity index (χ3n) is 3.40. The van der Waals surface area contributed by atoms with Gasteiger partial charge in [0.05, 0.1) is 0 Å². The van der Waals surface area contributed by atoms with Crippen molar-refractivity contribution in [1.29, 1.82) is 0 Å². The number of hydrogen-bond acceptors (Lipinski definition) is 3. The molecule has 0 bridgehead atoms. The average Bonchev–Trinajstić information content (AvgIpc) is 2.44. The van der Waals surface area contributed by atoms with E-state index in [1.807, 2.05) is 19.1 Å². The first-order chi connectivity index (χ1) is 10.5. The van der Waals surface area contributed by atoms with Crippen LogP contribution in [0.25, 0.3) is 0 Å². The molecule has 1 aliphatic rings. The average molecular weight is 357 g/mol. The first kappa shape index (κ1) is 15.9. The summed E-state index contributed by atoms with van der Waals surface area (Å²) in [6, 6.07) is 10.6. The molecule has 0 unspecified atom stereocenters. The minimum atomic E-state index is -3.27. The molecule has 0 aliphatic carbocycles. The predicted molar refractivity (Wildman–Crippen MR) is 89.0 cm³/mol. The highest BCUT2D eigenvalue weighted by Crippen LogP contribution is 2.55. The van der Waals surface area contributed by atoms with E-state index in [0.717, 1.165) is 11.1 Å². The van der Waals surface area contributed by atoms with Gasteiger partial charge in [-0.15, -0.1) is 0 Å². The lowest BCUT2D eigenvalue weighted by Crippen LogP contribution is -2.25. The molecular formula is C16H15Cl2O3P. The Morgan fingerprint density at radius 2 is 1.50 bits per heavy atom. The molecule has 0 radical (unpaired) electrons. The number of rotatable bonds is 2. The van der Waals surface area contributed by atoms with Crippen LogP contribution >= 0.6 is 31.1 Å². The smallest absolute Gasteiger partial charge is 0.331 e. The number of fused-ring (bicyclic) bond motifs is 2. The lowest BCUT2D eigenvalue weighted by Gasteiger charge is -2.30. The van der Waals surface area contributed by atoms with Crippen molar-refractivity contribution in [2.24, 2.45) is 0 Å². The molecule has 1 heterocycles. The summed E-state index contributed by atoms with van der Waals surface area (Å²) in [7, 11) is -3.27. The van der Waals surface area contributed by atoms with E-state index in [0.29, 0.717) is 40.5 Å². The van der Waals surface area contributed by atoms with E-state index >= 15 is 0 Å². The quantitative estimate of drug-likeness (QED) is 0.719. The monoisotopic (exact) mass is 356 g/mol. The van der Waals surface area contributed by atoms with Crippen molar-refractivity contribution >= 4 is 31.1 Å². The van der Waals surface area contributed by atoms with E-state index in [2.05, 4.69) is 0 Å². The third-order valence-corrected chi connectivity index (χ3v) is 5.81. The van der Waals surface area contributed by atoms with Gasteiger partial charge in [-0.25, -0.2) is 0 Å². The van der Waals surface area contributed by atoms with Gasteiger partial charge < -0.3 is 13.9 Å². The molecule has 0 saturated heterocycles. The van der Waals surface area contributed by atoms with Crippen molar-refractivity contribution in [3.05, 3.63) is 57.6 Å². The van der Waals surface area contributed by atoms with E-state index in [-0.39, 0.29) is 0 Å². The molecule has 2 aromatic rings. The number of halogens is 2. The zero-order valence-corrected chi connectivity index (χ0v) is 14.4. The molecule has 3 nitrogen and oxygen atoms in total. The zero-order chi connectivity index (χ0) is 15.7. The van der Waals surface area contributed by atoms with Crippen LogP contribution in [0.15, 0.2) is 36.4 Å². The molecule has 0 N–H and O–H groups in total. The number of hydrogen-bond donors (Lipinski definition) is 0. The zero-order valence-electron chi connectivity index (χ0n) is 12.0. The largest absolute Gasteiger partial charge is 0.617 e. The van der Waals surface area contributed by atoms with Crippen LogP contribution < -0.4 is 13.9 Å². The Morgan fingerprint density at radius 3 is 1.95 bits per heavy atom. The van der Waals surface area contributed by atoms with E-state index in [4.69, 9.17) is 32.2 Å². The molecule has 0 fully saturated rings. The molecule has 6 heteroatoms. The Balaban J connectivity index is 2.13. The van der Waals surface area contributed by atoms with Crippen molar-refractivity contribution in [3.8, 4) is 11.5 Å². The van der Waals surface area contributed by atoms with Crippen LogP contribution in [0.4, 0.5) is 0 Å². The van der Waals surface area contributed by atoms with Crippen molar-refractivity contribution in [2.75, 3.05) is 6.16 Å². The van der Waals surface area contributed by atoms with Gasteiger partial charge in [0, 0.05) is 27.6 Å². The minimum absolute atomic E-state index is 0.344. The molecule has 0 amide bonds. The molecule has 116 valence electrons. The van der Waals surface area contributed by atoms with Crippen molar-refractivity contribution in [1.82, 2.24) is 0 Å². The third kappa shape index (κ3) is 3.33. The van der Waals surface area contributed by atoms with E-state index < -0.39 is 7.94 Å². The molecule has 2 aromatic carbocycles. The van der Waals surface area contributed by atoms with Gasteiger partial charge in [-0.1, -0.05) is 30.1 Å². The standard InChI is InChI=1S/C16H15Cl2O3P/c1-2-7-22(19)20-15-5-3-13(17)9-11(15)8-12-10-14(18)4-6-16(12)21-22/h3-6,9-10H,2,7-8H2,1H3. The molecule has 22 heavy (non-hydrogen) atoms. The minimum Gasteiger partial charge on any atom is -0.617 e. The highest BCUT2D eigenvalue weighted by atomic mass is 35.5. The van der Waals surface area contributed by atoms with Gasteiger partial charge in [0.15, 0.2) is 11.5 Å². The van der Waals surface area contributed by atoms with Crippen LogP contribution in [0.2, 0.25) is 10.0 Å². The Morgan fingerprint density at radius 1 is 1.00 bits per heavy atom. The van der Waals surface area contributed by atoms with E-state index in [9.17, 15) is 4.89 Å². The van der Waals surface area contributed by atoms with Gasteiger partial charge in [-0.2, -0.15) is 0 Å². The molecular weight excluding hydrogens is 342 g/mol. The second-order valence-electron chi connectivity index (χ2n) is 5.20. The Hall–Kier alpha value is -0.990. The molecule has 3 rings (SSSR count). The fourth-order valence-electron chi connectivity index (χ4n) is 2.44. The van der Waals surface area contributed by atoms with E-state index in [1.54, 1.807) is 24.3 Å². The molecule has 1 aliphatic heterocycles. The van der Waals surface area contributed by atoms with Gasteiger partial charge >= 0.3 is 7.94 Å². The summed E-state index contributed by atoms with van der Waals surface area (Å²) in [5.41, 5.74) is 1.74. The number of benzene rings is 2. The Bertz CT molecular complexity index is 652. The molecule has 0 spiro atoms. The van der Waals surface area contributed by atoms with Gasteiger partial charge in [-0.05, 0) is 42.8 Å². The SMILES string of the molecule is CCC[P+]1([O-])Oc2ccc(Cl)cc2Cc2cc(Cl)ccc2O1. The van der Waals surface area contributed by atoms with Gasteiger partial charge in [-0.3, -0.25) is 0 Å². The lowest BCUT2D eigenvalue weighted by molar-refractivity contribution is -0.202. The van der Waals surface area contributed by atoms with Crippen LogP contribution in [0, 0.1) is 0 Å². The summed E-state index contributed by atoms with van der Waals surface area (Å²) in [4.78, 5) is 13.0. The fourth-order valence-corrected chi connectivity index (χ4v) is 4.55. The van der Waals surface area contributed by atoms with Gasteiger partial charge in [0.1, 0.15) is 6.16 Å². The van der Waals surface area contributed by atoms with Crippen LogP contribution in [-0.2, 0) is 6.42 Å². The Labute approximate surface area is 140 Å². The molecule has 0 atom stereocenters. The lowest BCUT2D eigenvalue weighted by atomic mass is 10.0. The van der Waals surface area contributed by atoms with Crippen LogP contribution in [-0.4, -0.2) is 6.16 Å². The predicted octanol–water partition coefficient (Wildman–Crippen LogP) is 4.89. The summed E-state index contributed by atoms with van der Waals surface area (Å²) in [6.07, 6.45) is 1.60. The maximum absolute atomic E-state index is 13.0.